The zero-order valence-corrected chi connectivity index (χ0v) is 20.8. The van der Waals surface area contributed by atoms with Gasteiger partial charge in [0.15, 0.2) is 0 Å². The second-order valence-electron chi connectivity index (χ2n) is 9.70. The fourth-order valence-corrected chi connectivity index (χ4v) is 4.51. The second-order valence-corrected chi connectivity index (χ2v) is 9.70. The van der Waals surface area contributed by atoms with Gasteiger partial charge in [0.25, 0.3) is 0 Å². The van der Waals surface area contributed by atoms with Gasteiger partial charge in [-0.1, -0.05) is 69.3 Å². The molecule has 7 heteroatoms. The molecular weight excluding hydrogens is 444 g/mol. The summed E-state index contributed by atoms with van der Waals surface area (Å²) in [6, 6.07) is 16.1. The molecule has 0 fully saturated rings. The summed E-state index contributed by atoms with van der Waals surface area (Å²) in [4.78, 5) is 35.5. The Bertz CT molecular complexity index is 990. The summed E-state index contributed by atoms with van der Waals surface area (Å²) in [7, 11) is 0. The molecule has 2 aromatic rings. The number of ether oxygens (including phenoxy) is 1. The highest BCUT2D eigenvalue weighted by Crippen LogP contribution is 2.44. The van der Waals surface area contributed by atoms with Gasteiger partial charge in [-0.15, -0.1) is 0 Å². The Morgan fingerprint density at radius 3 is 2.11 bits per heavy atom. The first-order chi connectivity index (χ1) is 16.8. The van der Waals surface area contributed by atoms with E-state index in [1.54, 1.807) is 0 Å². The maximum Gasteiger partial charge on any atom is 0.407 e. The summed E-state index contributed by atoms with van der Waals surface area (Å²) < 4.78 is 5.56. The minimum absolute atomic E-state index is 0.0291. The molecule has 7 nitrogen and oxygen atoms in total. The zero-order valence-electron chi connectivity index (χ0n) is 20.8. The van der Waals surface area contributed by atoms with Crippen molar-refractivity contribution in [1.82, 2.24) is 10.6 Å². The van der Waals surface area contributed by atoms with Gasteiger partial charge in [0, 0.05) is 24.9 Å². The van der Waals surface area contributed by atoms with E-state index in [1.807, 2.05) is 45.0 Å². The van der Waals surface area contributed by atoms with Gasteiger partial charge in [0.2, 0.25) is 5.91 Å². The second kappa shape index (κ2) is 12.4. The molecule has 3 rings (SSSR count). The van der Waals surface area contributed by atoms with Crippen LogP contribution in [-0.2, 0) is 14.3 Å². The number of carbonyl (C=O) groups is 3. The van der Waals surface area contributed by atoms with E-state index in [2.05, 4.69) is 34.9 Å². The van der Waals surface area contributed by atoms with Crippen LogP contribution in [0, 0.1) is 11.8 Å². The molecule has 0 aromatic heterocycles. The monoisotopic (exact) mass is 480 g/mol. The summed E-state index contributed by atoms with van der Waals surface area (Å²) in [5.41, 5.74) is 4.74. The highest BCUT2D eigenvalue weighted by Gasteiger charge is 2.29. The van der Waals surface area contributed by atoms with E-state index in [-0.39, 0.29) is 42.7 Å². The fourth-order valence-electron chi connectivity index (χ4n) is 4.51. The van der Waals surface area contributed by atoms with Crippen LogP contribution in [-0.4, -0.2) is 42.3 Å². The number of carbonyl (C=O) groups excluding carboxylic acids is 2. The number of nitrogens with one attached hydrogen (secondary N) is 2. The average molecular weight is 481 g/mol. The van der Waals surface area contributed by atoms with Crippen molar-refractivity contribution in [3.8, 4) is 11.1 Å². The van der Waals surface area contributed by atoms with Crippen LogP contribution < -0.4 is 10.6 Å². The Morgan fingerprint density at radius 1 is 0.943 bits per heavy atom. The van der Waals surface area contributed by atoms with Crippen molar-refractivity contribution < 1.29 is 24.2 Å². The molecule has 2 amide bonds. The first kappa shape index (κ1) is 26.3. The van der Waals surface area contributed by atoms with Gasteiger partial charge in [-0.05, 0) is 46.9 Å². The third-order valence-corrected chi connectivity index (χ3v) is 6.66. The number of hydrogen-bond acceptors (Lipinski definition) is 4. The number of carboxylic acid groups (broad SMARTS) is 1. The first-order valence-corrected chi connectivity index (χ1v) is 12.4. The molecular formula is C28H36N2O5. The summed E-state index contributed by atoms with van der Waals surface area (Å²) >= 11 is 0. The van der Waals surface area contributed by atoms with Crippen molar-refractivity contribution in [3.63, 3.8) is 0 Å². The standard InChI is InChI=1S/C28H36N2O5/c1-18(2)25(16-27(32)33)30-26(31)13-12-19(3)14-15-29-28(34)35-17-24-22-10-6-4-8-20(22)21-9-5-7-11-23(21)24/h4-11,18-19,24-25H,12-17H2,1-3H3,(H,29,34)(H,30,31)(H,32,33)/t19?,25-/m1/s1. The first-order valence-electron chi connectivity index (χ1n) is 12.4. The van der Waals surface area contributed by atoms with Crippen LogP contribution in [0.4, 0.5) is 4.79 Å². The molecule has 3 N–H and O–H groups in total. The molecule has 2 aromatic carbocycles. The minimum Gasteiger partial charge on any atom is -0.481 e. The lowest BCUT2D eigenvalue weighted by Gasteiger charge is -2.21. The fraction of sp³-hybridized carbons (Fsp3) is 0.464. The van der Waals surface area contributed by atoms with Crippen LogP contribution in [0.5, 0.6) is 0 Å². The summed E-state index contributed by atoms with van der Waals surface area (Å²) in [6.45, 7) is 6.57. The molecule has 0 saturated heterocycles. The van der Waals surface area contributed by atoms with Crippen molar-refractivity contribution in [3.05, 3.63) is 59.7 Å². The summed E-state index contributed by atoms with van der Waals surface area (Å²) in [5, 5.41) is 14.6. The van der Waals surface area contributed by atoms with Crippen LogP contribution in [0.3, 0.4) is 0 Å². The van der Waals surface area contributed by atoms with Crippen molar-refractivity contribution in [2.75, 3.05) is 13.2 Å². The van der Waals surface area contributed by atoms with Crippen molar-refractivity contribution >= 4 is 18.0 Å². The van der Waals surface area contributed by atoms with Gasteiger partial charge in [-0.2, -0.15) is 0 Å². The number of amides is 2. The third kappa shape index (κ3) is 7.31. The van der Waals surface area contributed by atoms with E-state index in [4.69, 9.17) is 9.84 Å². The van der Waals surface area contributed by atoms with Crippen molar-refractivity contribution in [2.45, 2.75) is 58.4 Å². The minimum atomic E-state index is -0.920. The van der Waals surface area contributed by atoms with Crippen molar-refractivity contribution in [1.29, 1.82) is 0 Å². The van der Waals surface area contributed by atoms with Crippen LogP contribution in [0.15, 0.2) is 48.5 Å². The van der Waals surface area contributed by atoms with Crippen LogP contribution in [0.25, 0.3) is 11.1 Å². The third-order valence-electron chi connectivity index (χ3n) is 6.66. The summed E-state index contributed by atoms with van der Waals surface area (Å²) in [5.74, 6) is -0.750. The van der Waals surface area contributed by atoms with E-state index in [0.717, 1.165) is 6.42 Å². The number of alkyl carbamates (subject to hydrolysis) is 1. The SMILES string of the molecule is CC(CCNC(=O)OCC1c2ccccc2-c2ccccc21)CCC(=O)N[C@H](CC(=O)O)C(C)C. The molecule has 2 atom stereocenters. The quantitative estimate of drug-likeness (QED) is 0.399. The molecule has 1 unspecified atom stereocenters. The van der Waals surface area contributed by atoms with E-state index in [1.165, 1.54) is 22.3 Å². The van der Waals surface area contributed by atoms with Crippen molar-refractivity contribution in [2.24, 2.45) is 11.8 Å². The van der Waals surface area contributed by atoms with Crippen LogP contribution in [0.2, 0.25) is 0 Å². The van der Waals surface area contributed by atoms with Gasteiger partial charge >= 0.3 is 12.1 Å². The van der Waals surface area contributed by atoms with Gasteiger partial charge in [-0.3, -0.25) is 9.59 Å². The Morgan fingerprint density at radius 2 is 1.54 bits per heavy atom. The molecule has 0 radical (unpaired) electrons. The lowest BCUT2D eigenvalue weighted by Crippen LogP contribution is -2.40. The number of rotatable bonds is 12. The Hall–Kier alpha value is -3.35. The molecule has 0 spiro atoms. The van der Waals surface area contributed by atoms with Gasteiger partial charge in [-0.25, -0.2) is 4.79 Å². The highest BCUT2D eigenvalue weighted by molar-refractivity contribution is 5.79. The van der Waals surface area contributed by atoms with Crippen LogP contribution in [0.1, 0.15) is 63.5 Å². The Kier molecular flexibility index (Phi) is 9.29. The largest absolute Gasteiger partial charge is 0.481 e. The Balaban J connectivity index is 1.37. The molecule has 0 saturated carbocycles. The molecule has 35 heavy (non-hydrogen) atoms. The van der Waals surface area contributed by atoms with Gasteiger partial charge in [0.1, 0.15) is 6.61 Å². The predicted octanol–water partition coefficient (Wildman–Crippen LogP) is 4.95. The topological polar surface area (TPSA) is 105 Å². The molecule has 0 heterocycles. The lowest BCUT2D eigenvalue weighted by molar-refractivity contribution is -0.138. The van der Waals surface area contributed by atoms with E-state index in [0.29, 0.717) is 19.4 Å². The number of benzene rings is 2. The molecule has 188 valence electrons. The predicted molar refractivity (Wildman–Crippen MR) is 135 cm³/mol. The molecule has 0 aliphatic heterocycles. The highest BCUT2D eigenvalue weighted by atomic mass is 16.5. The van der Waals surface area contributed by atoms with Gasteiger partial charge in [0.05, 0.1) is 6.42 Å². The lowest BCUT2D eigenvalue weighted by atomic mass is 9.98. The number of carboxylic acids is 1. The summed E-state index contributed by atoms with van der Waals surface area (Å²) in [6.07, 6.45) is 1.19. The molecule has 1 aliphatic carbocycles. The van der Waals surface area contributed by atoms with E-state index in [9.17, 15) is 14.4 Å². The molecule has 0 bridgehead atoms. The smallest absolute Gasteiger partial charge is 0.407 e. The van der Waals surface area contributed by atoms with Gasteiger partial charge < -0.3 is 20.5 Å². The maximum absolute atomic E-state index is 12.3. The zero-order chi connectivity index (χ0) is 25.4. The Labute approximate surface area is 207 Å². The number of hydrogen-bond donors (Lipinski definition) is 3. The molecule has 1 aliphatic rings. The number of aliphatic carboxylic acids is 1. The van der Waals surface area contributed by atoms with Crippen LogP contribution >= 0.6 is 0 Å². The maximum atomic E-state index is 12.3. The van der Waals surface area contributed by atoms with E-state index >= 15 is 0 Å². The normalized spacial score (nSPS) is 14.1. The number of fused-ring (bicyclic) bond motifs is 3. The van der Waals surface area contributed by atoms with E-state index < -0.39 is 12.1 Å². The average Bonchev–Trinajstić information content (AvgIpc) is 3.14.